The fourth-order valence-electron chi connectivity index (χ4n) is 1.36. The Morgan fingerprint density at radius 2 is 2.11 bits per heavy atom. The number of hydrogen-bond donors (Lipinski definition) is 2. The zero-order valence-corrected chi connectivity index (χ0v) is 9.88. The van der Waals surface area contributed by atoms with Crippen molar-refractivity contribution >= 4 is 23.2 Å². The largest absolute Gasteiger partial charge is 0.418 e. The van der Waals surface area contributed by atoms with Gasteiger partial charge in [0.1, 0.15) is 0 Å². The number of H-pyrrole nitrogens is 1. The highest BCUT2D eigenvalue weighted by molar-refractivity contribution is 6.30. The van der Waals surface area contributed by atoms with Gasteiger partial charge in [0.05, 0.1) is 17.4 Å². The lowest BCUT2D eigenvalue weighted by atomic mass is 10.1. The fraction of sp³-hybridized carbons (Fsp3) is 0.100. The van der Waals surface area contributed by atoms with Crippen molar-refractivity contribution in [3.8, 4) is 0 Å². The summed E-state index contributed by atoms with van der Waals surface area (Å²) in [7, 11) is 0. The number of carbonyl (C=O) groups is 1. The van der Waals surface area contributed by atoms with E-state index < -0.39 is 23.3 Å². The monoisotopic (exact) mass is 290 g/mol. The van der Waals surface area contributed by atoms with Gasteiger partial charge in [-0.15, -0.1) is 0 Å². The van der Waals surface area contributed by atoms with Crippen LogP contribution in [0, 0.1) is 0 Å². The normalized spacial score (nSPS) is 11.4. The van der Waals surface area contributed by atoms with Crippen LogP contribution in [0.1, 0.15) is 16.1 Å². The molecular weight excluding hydrogens is 285 g/mol. The second-order valence-corrected chi connectivity index (χ2v) is 3.93. The number of anilines is 1. The van der Waals surface area contributed by atoms with Crippen LogP contribution in [-0.2, 0) is 6.18 Å². The number of rotatable bonds is 2. The molecule has 0 aliphatic carbocycles. The number of nitrogens with zero attached hydrogens (tertiary/aromatic N) is 2. The van der Waals surface area contributed by atoms with Gasteiger partial charge < -0.3 is 5.32 Å². The van der Waals surface area contributed by atoms with Crippen molar-refractivity contribution < 1.29 is 18.0 Å². The molecule has 1 aromatic heterocycles. The molecule has 1 amide bonds. The van der Waals surface area contributed by atoms with E-state index in [-0.39, 0.29) is 10.7 Å². The Balaban J connectivity index is 2.33. The Hall–Kier alpha value is -2.09. The van der Waals surface area contributed by atoms with Crippen LogP contribution in [0.15, 0.2) is 24.4 Å². The molecule has 19 heavy (non-hydrogen) atoms. The molecular formula is C10H6ClF3N4O. The van der Waals surface area contributed by atoms with Gasteiger partial charge in [-0.2, -0.15) is 28.6 Å². The van der Waals surface area contributed by atoms with Crippen LogP contribution in [0.5, 0.6) is 0 Å². The number of halogens is 4. The lowest BCUT2D eigenvalue weighted by Gasteiger charge is -2.13. The Kier molecular flexibility index (Phi) is 3.43. The van der Waals surface area contributed by atoms with E-state index in [9.17, 15) is 18.0 Å². The molecule has 0 fully saturated rings. The van der Waals surface area contributed by atoms with Crippen LogP contribution in [0.2, 0.25) is 5.02 Å². The lowest BCUT2D eigenvalue weighted by Crippen LogP contribution is -2.17. The number of aromatic amines is 1. The Morgan fingerprint density at radius 1 is 1.37 bits per heavy atom. The van der Waals surface area contributed by atoms with Gasteiger partial charge in [-0.3, -0.25) is 4.79 Å². The molecule has 0 radical (unpaired) electrons. The minimum Gasteiger partial charge on any atom is -0.320 e. The van der Waals surface area contributed by atoms with Gasteiger partial charge >= 0.3 is 6.18 Å². The van der Waals surface area contributed by atoms with Gasteiger partial charge in [-0.1, -0.05) is 11.6 Å². The van der Waals surface area contributed by atoms with Crippen LogP contribution < -0.4 is 5.32 Å². The molecule has 0 atom stereocenters. The number of alkyl halides is 3. The highest BCUT2D eigenvalue weighted by atomic mass is 35.5. The molecule has 0 saturated heterocycles. The number of benzene rings is 1. The minimum atomic E-state index is -4.63. The van der Waals surface area contributed by atoms with Gasteiger partial charge in [0, 0.05) is 5.02 Å². The van der Waals surface area contributed by atoms with Crippen LogP contribution in [-0.4, -0.2) is 21.3 Å². The van der Waals surface area contributed by atoms with Crippen molar-refractivity contribution in [2.24, 2.45) is 0 Å². The topological polar surface area (TPSA) is 70.7 Å². The molecule has 0 bridgehead atoms. The second-order valence-electron chi connectivity index (χ2n) is 3.50. The summed E-state index contributed by atoms with van der Waals surface area (Å²) in [6.45, 7) is 0. The van der Waals surface area contributed by atoms with Crippen molar-refractivity contribution in [2.75, 3.05) is 5.32 Å². The smallest absolute Gasteiger partial charge is 0.320 e. The summed E-state index contributed by atoms with van der Waals surface area (Å²) < 4.78 is 38.3. The fourth-order valence-corrected chi connectivity index (χ4v) is 1.53. The van der Waals surface area contributed by atoms with E-state index in [2.05, 4.69) is 20.7 Å². The third-order valence-electron chi connectivity index (χ3n) is 2.18. The third kappa shape index (κ3) is 3.02. The van der Waals surface area contributed by atoms with E-state index in [1.165, 1.54) is 6.07 Å². The maximum Gasteiger partial charge on any atom is 0.418 e. The van der Waals surface area contributed by atoms with Gasteiger partial charge in [0.25, 0.3) is 5.91 Å². The maximum absolute atomic E-state index is 12.8. The zero-order chi connectivity index (χ0) is 14.0. The van der Waals surface area contributed by atoms with Gasteiger partial charge in [-0.05, 0) is 18.2 Å². The lowest BCUT2D eigenvalue weighted by molar-refractivity contribution is -0.136. The van der Waals surface area contributed by atoms with Crippen molar-refractivity contribution in [1.82, 2.24) is 15.4 Å². The molecule has 9 heteroatoms. The summed E-state index contributed by atoms with van der Waals surface area (Å²) >= 11 is 5.52. The van der Waals surface area contributed by atoms with Gasteiger partial charge in [0.15, 0.2) is 5.69 Å². The predicted molar refractivity (Wildman–Crippen MR) is 60.8 cm³/mol. The number of aromatic nitrogens is 3. The first-order valence-electron chi connectivity index (χ1n) is 4.92. The average molecular weight is 291 g/mol. The van der Waals surface area contributed by atoms with E-state index >= 15 is 0 Å². The molecule has 2 rings (SSSR count). The third-order valence-corrected chi connectivity index (χ3v) is 2.42. The molecule has 0 spiro atoms. The highest BCUT2D eigenvalue weighted by Gasteiger charge is 2.34. The molecule has 0 unspecified atom stereocenters. The first-order chi connectivity index (χ1) is 8.88. The Labute approximate surface area is 109 Å². The Morgan fingerprint density at radius 3 is 2.68 bits per heavy atom. The first-order valence-corrected chi connectivity index (χ1v) is 5.29. The quantitative estimate of drug-likeness (QED) is 0.893. The van der Waals surface area contributed by atoms with E-state index in [0.29, 0.717) is 0 Å². The van der Waals surface area contributed by atoms with E-state index in [4.69, 9.17) is 11.6 Å². The van der Waals surface area contributed by atoms with Crippen LogP contribution in [0.25, 0.3) is 0 Å². The molecule has 2 N–H and O–H groups in total. The number of nitrogens with one attached hydrogen (secondary N) is 2. The Bertz CT molecular complexity index is 597. The number of amides is 1. The molecule has 1 heterocycles. The molecule has 0 aliphatic rings. The molecule has 1 aromatic carbocycles. The number of carbonyl (C=O) groups excluding carboxylic acids is 1. The summed E-state index contributed by atoms with van der Waals surface area (Å²) in [4.78, 5) is 11.6. The summed E-state index contributed by atoms with van der Waals surface area (Å²) in [5.41, 5.74) is -1.55. The van der Waals surface area contributed by atoms with Gasteiger partial charge in [0.2, 0.25) is 0 Å². The standard InChI is InChI=1S/C10H6ClF3N4O/c11-5-1-2-7(6(3-5)10(12,13)14)16-9(19)8-4-15-18-17-8/h1-4H,(H,16,19)(H,15,17,18). The summed E-state index contributed by atoms with van der Waals surface area (Å²) in [6.07, 6.45) is -3.53. The van der Waals surface area contributed by atoms with Crippen LogP contribution in [0.4, 0.5) is 18.9 Å². The van der Waals surface area contributed by atoms with E-state index in [1.54, 1.807) is 0 Å². The zero-order valence-electron chi connectivity index (χ0n) is 9.12. The van der Waals surface area contributed by atoms with Crippen LogP contribution >= 0.6 is 11.6 Å². The SMILES string of the molecule is O=C(Nc1ccc(Cl)cc1C(F)(F)F)c1cn[nH]n1. The minimum absolute atomic E-state index is 0.0771. The van der Waals surface area contributed by atoms with Gasteiger partial charge in [-0.25, -0.2) is 0 Å². The summed E-state index contributed by atoms with van der Waals surface area (Å²) in [5.74, 6) is -0.804. The van der Waals surface area contributed by atoms with Crippen molar-refractivity contribution in [2.45, 2.75) is 6.18 Å². The van der Waals surface area contributed by atoms with Crippen molar-refractivity contribution in [3.63, 3.8) is 0 Å². The molecule has 100 valence electrons. The predicted octanol–water partition coefficient (Wildman–Crippen LogP) is 2.73. The highest BCUT2D eigenvalue weighted by Crippen LogP contribution is 2.36. The first kappa shape index (κ1) is 13.3. The molecule has 0 saturated carbocycles. The maximum atomic E-state index is 12.8. The second kappa shape index (κ2) is 4.88. The van der Waals surface area contributed by atoms with Crippen LogP contribution in [0.3, 0.4) is 0 Å². The summed E-state index contributed by atoms with van der Waals surface area (Å²) in [6, 6.07) is 3.05. The molecule has 2 aromatic rings. The average Bonchev–Trinajstić information content (AvgIpc) is 2.83. The molecule has 5 nitrogen and oxygen atoms in total. The van der Waals surface area contributed by atoms with Crippen molar-refractivity contribution in [3.05, 3.63) is 40.7 Å². The number of hydrogen-bond acceptors (Lipinski definition) is 3. The van der Waals surface area contributed by atoms with E-state index in [0.717, 1.165) is 18.3 Å². The summed E-state index contributed by atoms with van der Waals surface area (Å²) in [5, 5.41) is 11.1. The van der Waals surface area contributed by atoms with Crippen molar-refractivity contribution in [1.29, 1.82) is 0 Å². The van der Waals surface area contributed by atoms with E-state index in [1.807, 2.05) is 0 Å². The molecule has 0 aliphatic heterocycles.